The lowest BCUT2D eigenvalue weighted by Gasteiger charge is -2.44. The Morgan fingerprint density at radius 3 is 2.57 bits per heavy atom. The van der Waals surface area contributed by atoms with Gasteiger partial charge in [-0.1, -0.05) is 32.4 Å². The Balaban J connectivity index is 2.01. The zero-order valence-corrected chi connectivity index (χ0v) is 23.3. The van der Waals surface area contributed by atoms with Crippen LogP contribution in [-0.2, 0) is 23.9 Å². The summed E-state index contributed by atoms with van der Waals surface area (Å²) in [4.78, 5) is 45.1. The van der Waals surface area contributed by atoms with Gasteiger partial charge in [-0.2, -0.15) is 0 Å². The van der Waals surface area contributed by atoms with Crippen LogP contribution in [0.5, 0.6) is 0 Å². The maximum Gasteiger partial charge on any atom is 0.312 e. The zero-order valence-electron chi connectivity index (χ0n) is 23.3. The van der Waals surface area contributed by atoms with Gasteiger partial charge in [0.05, 0.1) is 37.2 Å². The van der Waals surface area contributed by atoms with Crippen LogP contribution in [0.1, 0.15) is 73.1 Å². The summed E-state index contributed by atoms with van der Waals surface area (Å²) in [6.07, 6.45) is 7.32. The van der Waals surface area contributed by atoms with E-state index in [2.05, 4.69) is 13.2 Å². The van der Waals surface area contributed by atoms with Gasteiger partial charge in [0.1, 0.15) is 11.6 Å². The maximum atomic E-state index is 14.3. The van der Waals surface area contributed by atoms with E-state index in [0.717, 1.165) is 25.7 Å². The molecule has 0 saturated carbocycles. The van der Waals surface area contributed by atoms with Crippen molar-refractivity contribution in [2.45, 2.75) is 102 Å². The van der Waals surface area contributed by atoms with Crippen LogP contribution >= 0.6 is 0 Å². The van der Waals surface area contributed by atoms with E-state index in [1.165, 1.54) is 0 Å². The fourth-order valence-electron chi connectivity index (χ4n) is 6.44. The second-order valence-electron chi connectivity index (χ2n) is 11.8. The van der Waals surface area contributed by atoms with Gasteiger partial charge in [-0.05, 0) is 58.8 Å². The normalized spacial score (nSPS) is 30.1. The molecule has 37 heavy (non-hydrogen) atoms. The smallest absolute Gasteiger partial charge is 0.312 e. The summed E-state index contributed by atoms with van der Waals surface area (Å²) in [7, 11) is 0. The molecule has 0 aliphatic carbocycles. The van der Waals surface area contributed by atoms with Crippen molar-refractivity contribution in [1.29, 1.82) is 0 Å². The van der Waals surface area contributed by atoms with Crippen molar-refractivity contribution in [2.75, 3.05) is 19.8 Å². The first-order chi connectivity index (χ1) is 17.5. The first-order valence-electron chi connectivity index (χ1n) is 13.8. The summed E-state index contributed by atoms with van der Waals surface area (Å²) < 4.78 is 12.1. The summed E-state index contributed by atoms with van der Waals surface area (Å²) in [6.45, 7) is 17.7. The van der Waals surface area contributed by atoms with Crippen LogP contribution < -0.4 is 0 Å². The second-order valence-corrected chi connectivity index (χ2v) is 11.8. The first-order valence-corrected chi connectivity index (χ1v) is 13.8. The molecule has 2 unspecified atom stereocenters. The highest BCUT2D eigenvalue weighted by Gasteiger charge is 2.76. The monoisotopic (exact) mass is 518 g/mol. The SMILES string of the molecule is C=CCCCCOC(=O)[C@@H]1[C@@H]2CCC3(O2)C(C(=O)N(CC=C)C(C)(C)C)N([C@@H](CO)[C@@H](C)CC)C(=O)[C@H]13. The Kier molecular flexibility index (Phi) is 9.27. The van der Waals surface area contributed by atoms with E-state index in [9.17, 15) is 19.5 Å². The lowest BCUT2D eigenvalue weighted by atomic mass is 9.70. The van der Waals surface area contributed by atoms with Crippen LogP contribution in [-0.4, -0.2) is 81.8 Å². The van der Waals surface area contributed by atoms with Crippen molar-refractivity contribution in [3.63, 3.8) is 0 Å². The van der Waals surface area contributed by atoms with Crippen molar-refractivity contribution < 1.29 is 29.0 Å². The zero-order chi connectivity index (χ0) is 27.5. The molecule has 8 nitrogen and oxygen atoms in total. The first kappa shape index (κ1) is 29.4. The minimum absolute atomic E-state index is 0.0468. The Morgan fingerprint density at radius 2 is 2.00 bits per heavy atom. The molecular formula is C29H46N2O6. The third-order valence-corrected chi connectivity index (χ3v) is 8.52. The van der Waals surface area contributed by atoms with Crippen molar-refractivity contribution in [3.8, 4) is 0 Å². The summed E-state index contributed by atoms with van der Waals surface area (Å²) in [5.74, 6) is -2.55. The number of aliphatic hydroxyl groups is 1. The molecule has 8 heteroatoms. The van der Waals surface area contributed by atoms with Crippen molar-refractivity contribution >= 4 is 17.8 Å². The van der Waals surface area contributed by atoms with Gasteiger partial charge >= 0.3 is 5.97 Å². The number of nitrogens with zero attached hydrogens (tertiary/aromatic N) is 2. The lowest BCUT2D eigenvalue weighted by molar-refractivity contribution is -0.158. The molecule has 0 aromatic carbocycles. The van der Waals surface area contributed by atoms with Crippen molar-refractivity contribution in [1.82, 2.24) is 9.80 Å². The fraction of sp³-hybridized carbons (Fsp3) is 0.759. The largest absolute Gasteiger partial charge is 0.465 e. The summed E-state index contributed by atoms with van der Waals surface area (Å²) in [6, 6.07) is -1.49. The standard InChI is InChI=1S/C29H46N2O6/c1-8-11-12-13-17-36-27(35)22-21-14-15-29(37-21)23(22)25(33)31(20(18-32)19(4)10-3)24(29)26(34)30(16-9-2)28(5,6)7/h8-9,19-24,32H,1-2,10-18H2,3-7H3/t19-,20-,21-,22+,23-,24?,29?/m0/s1. The molecule has 3 aliphatic heterocycles. The molecule has 208 valence electrons. The third kappa shape index (κ3) is 5.24. The lowest BCUT2D eigenvalue weighted by Crippen LogP contribution is -2.62. The van der Waals surface area contributed by atoms with E-state index in [1.807, 2.05) is 40.7 Å². The Bertz CT molecular complexity index is 882. The number of allylic oxidation sites excluding steroid dienone is 1. The number of esters is 1. The number of rotatable bonds is 13. The number of unbranched alkanes of at least 4 members (excludes halogenated alkanes) is 2. The molecule has 0 aromatic heterocycles. The van der Waals surface area contributed by atoms with E-state index in [-0.39, 0.29) is 30.9 Å². The number of ether oxygens (including phenoxy) is 2. The fourth-order valence-corrected chi connectivity index (χ4v) is 6.44. The van der Waals surface area contributed by atoms with E-state index in [4.69, 9.17) is 9.47 Å². The molecule has 0 aromatic rings. The highest BCUT2D eigenvalue weighted by atomic mass is 16.6. The molecule has 2 bridgehead atoms. The average Bonchev–Trinajstić information content (AvgIpc) is 3.49. The summed E-state index contributed by atoms with van der Waals surface area (Å²) in [5, 5.41) is 10.4. The minimum atomic E-state index is -1.11. The highest BCUT2D eigenvalue weighted by molar-refractivity contribution is 5.98. The molecule has 1 N–H and O–H groups in total. The van der Waals surface area contributed by atoms with E-state index >= 15 is 0 Å². The van der Waals surface area contributed by atoms with Crippen LogP contribution in [0, 0.1) is 17.8 Å². The molecule has 3 saturated heterocycles. The molecule has 3 rings (SSSR count). The number of hydrogen-bond donors (Lipinski definition) is 1. The van der Waals surface area contributed by atoms with Crippen LogP contribution in [0.15, 0.2) is 25.3 Å². The Morgan fingerprint density at radius 1 is 1.30 bits per heavy atom. The number of carbonyl (C=O) groups is 3. The van der Waals surface area contributed by atoms with Gasteiger partial charge in [0.25, 0.3) is 0 Å². The van der Waals surface area contributed by atoms with E-state index < -0.39 is 47.1 Å². The van der Waals surface area contributed by atoms with Crippen LogP contribution in [0.4, 0.5) is 0 Å². The molecular weight excluding hydrogens is 472 g/mol. The van der Waals surface area contributed by atoms with Crippen LogP contribution in [0.3, 0.4) is 0 Å². The molecule has 3 heterocycles. The van der Waals surface area contributed by atoms with Crippen LogP contribution in [0.2, 0.25) is 0 Å². The summed E-state index contributed by atoms with van der Waals surface area (Å²) >= 11 is 0. The van der Waals surface area contributed by atoms with Gasteiger partial charge < -0.3 is 24.4 Å². The van der Waals surface area contributed by atoms with E-state index in [1.54, 1.807) is 15.9 Å². The van der Waals surface area contributed by atoms with Crippen molar-refractivity contribution in [3.05, 3.63) is 25.3 Å². The molecule has 1 spiro atoms. The van der Waals surface area contributed by atoms with Crippen LogP contribution in [0.25, 0.3) is 0 Å². The van der Waals surface area contributed by atoms with Gasteiger partial charge in [-0.3, -0.25) is 14.4 Å². The van der Waals surface area contributed by atoms with Gasteiger partial charge in [0.15, 0.2) is 0 Å². The molecule has 3 aliphatic rings. The number of hydrogen-bond acceptors (Lipinski definition) is 6. The van der Waals surface area contributed by atoms with Gasteiger partial charge in [0.2, 0.25) is 11.8 Å². The van der Waals surface area contributed by atoms with Gasteiger partial charge in [0, 0.05) is 12.1 Å². The molecule has 3 fully saturated rings. The topological polar surface area (TPSA) is 96.4 Å². The quantitative estimate of drug-likeness (QED) is 0.228. The number of aliphatic hydroxyl groups excluding tert-OH is 1. The Labute approximate surface area is 222 Å². The van der Waals surface area contributed by atoms with E-state index in [0.29, 0.717) is 19.4 Å². The maximum absolute atomic E-state index is 14.3. The second kappa shape index (κ2) is 11.7. The number of carbonyl (C=O) groups excluding carboxylic acids is 3. The average molecular weight is 519 g/mol. The molecule has 2 amide bonds. The minimum Gasteiger partial charge on any atom is -0.465 e. The summed E-state index contributed by atoms with van der Waals surface area (Å²) in [5.41, 5.74) is -1.64. The third-order valence-electron chi connectivity index (χ3n) is 8.52. The molecule has 7 atom stereocenters. The van der Waals surface area contributed by atoms with Crippen molar-refractivity contribution in [2.24, 2.45) is 17.8 Å². The highest BCUT2D eigenvalue weighted by Crippen LogP contribution is 2.59. The predicted molar refractivity (Wildman–Crippen MR) is 141 cm³/mol. The number of fused-ring (bicyclic) bond motifs is 1. The predicted octanol–water partition coefficient (Wildman–Crippen LogP) is 3.48. The number of amides is 2. The Hall–Kier alpha value is -2.19. The van der Waals surface area contributed by atoms with Gasteiger partial charge in [-0.15, -0.1) is 13.2 Å². The number of likely N-dealkylation sites (tertiary alicyclic amines) is 1. The molecule has 0 radical (unpaired) electrons. The van der Waals surface area contributed by atoms with Gasteiger partial charge in [-0.25, -0.2) is 0 Å².